The Bertz CT molecular complexity index is 713. The molecular weight excluding hydrogens is 317 g/mol. The quantitative estimate of drug-likeness (QED) is 0.904. The number of aliphatic hydroxyl groups is 1. The van der Waals surface area contributed by atoms with Crippen LogP contribution in [0.1, 0.15) is 50.2 Å². The molecular formula is C20H26FN3O. The Balaban J connectivity index is 1.48. The molecule has 2 aliphatic rings. The van der Waals surface area contributed by atoms with Crippen LogP contribution in [0.2, 0.25) is 0 Å². The average Bonchev–Trinajstić information content (AvgIpc) is 3.12. The van der Waals surface area contributed by atoms with Crippen molar-refractivity contribution in [2.45, 2.75) is 69.8 Å². The van der Waals surface area contributed by atoms with Crippen LogP contribution in [0.4, 0.5) is 4.39 Å². The second-order valence-electron chi connectivity index (χ2n) is 7.62. The maximum absolute atomic E-state index is 13.2. The second-order valence-corrected chi connectivity index (χ2v) is 7.62. The highest BCUT2D eigenvalue weighted by molar-refractivity contribution is 5.26. The van der Waals surface area contributed by atoms with Crippen molar-refractivity contribution in [3.05, 3.63) is 53.6 Å². The van der Waals surface area contributed by atoms with Crippen molar-refractivity contribution < 1.29 is 9.50 Å². The van der Waals surface area contributed by atoms with E-state index in [1.807, 2.05) is 10.9 Å². The Morgan fingerprint density at radius 1 is 1.20 bits per heavy atom. The van der Waals surface area contributed by atoms with Crippen molar-refractivity contribution in [2.24, 2.45) is 0 Å². The van der Waals surface area contributed by atoms with E-state index < -0.39 is 5.60 Å². The third-order valence-electron chi connectivity index (χ3n) is 5.80. The van der Waals surface area contributed by atoms with E-state index in [1.54, 1.807) is 12.1 Å². The van der Waals surface area contributed by atoms with E-state index in [0.717, 1.165) is 50.8 Å². The van der Waals surface area contributed by atoms with Crippen LogP contribution in [0.25, 0.3) is 0 Å². The first-order chi connectivity index (χ1) is 12.1. The van der Waals surface area contributed by atoms with Gasteiger partial charge in [-0.3, -0.25) is 9.58 Å². The van der Waals surface area contributed by atoms with Gasteiger partial charge in [-0.05, 0) is 49.8 Å². The molecule has 1 N–H and O–H groups in total. The van der Waals surface area contributed by atoms with Crippen LogP contribution in [0.15, 0.2) is 36.7 Å². The topological polar surface area (TPSA) is 41.3 Å². The fourth-order valence-electron chi connectivity index (χ4n) is 4.62. The Kier molecular flexibility index (Phi) is 4.38. The van der Waals surface area contributed by atoms with Crippen molar-refractivity contribution in [3.8, 4) is 0 Å². The zero-order valence-electron chi connectivity index (χ0n) is 14.7. The third kappa shape index (κ3) is 3.23. The molecule has 25 heavy (non-hydrogen) atoms. The van der Waals surface area contributed by atoms with E-state index in [0.29, 0.717) is 12.1 Å². The first kappa shape index (κ1) is 16.7. The number of hydrogen-bond donors (Lipinski definition) is 1. The van der Waals surface area contributed by atoms with Crippen molar-refractivity contribution in [1.82, 2.24) is 14.7 Å². The molecule has 3 atom stereocenters. The van der Waals surface area contributed by atoms with E-state index in [2.05, 4.69) is 23.1 Å². The molecule has 0 aliphatic carbocycles. The normalized spacial score (nSPS) is 29.2. The average molecular weight is 343 g/mol. The van der Waals surface area contributed by atoms with Gasteiger partial charge in [0.25, 0.3) is 0 Å². The molecule has 0 radical (unpaired) electrons. The van der Waals surface area contributed by atoms with Gasteiger partial charge in [0.1, 0.15) is 5.82 Å². The first-order valence-corrected chi connectivity index (χ1v) is 9.33. The van der Waals surface area contributed by atoms with Crippen LogP contribution in [0.5, 0.6) is 0 Å². The van der Waals surface area contributed by atoms with Crippen LogP contribution in [0, 0.1) is 5.82 Å². The molecule has 2 aliphatic heterocycles. The molecule has 0 amide bonds. The molecule has 5 heteroatoms. The molecule has 2 aromatic rings. The molecule has 0 spiro atoms. The van der Waals surface area contributed by atoms with Crippen LogP contribution < -0.4 is 0 Å². The van der Waals surface area contributed by atoms with E-state index in [9.17, 15) is 9.50 Å². The minimum Gasteiger partial charge on any atom is -0.385 e. The van der Waals surface area contributed by atoms with Gasteiger partial charge < -0.3 is 5.11 Å². The molecule has 4 rings (SSSR count). The van der Waals surface area contributed by atoms with Crippen LogP contribution in [0.3, 0.4) is 0 Å². The zero-order valence-corrected chi connectivity index (χ0v) is 14.7. The van der Waals surface area contributed by atoms with Gasteiger partial charge >= 0.3 is 0 Å². The lowest BCUT2D eigenvalue weighted by Gasteiger charge is -2.44. The molecule has 2 bridgehead atoms. The predicted molar refractivity (Wildman–Crippen MR) is 94.4 cm³/mol. The molecule has 1 unspecified atom stereocenters. The van der Waals surface area contributed by atoms with E-state index in [-0.39, 0.29) is 5.82 Å². The summed E-state index contributed by atoms with van der Waals surface area (Å²) in [4.78, 5) is 2.53. The number of aryl methyl sites for hydroxylation is 1. The molecule has 4 nitrogen and oxygen atoms in total. The SMILES string of the molecule is CCCn1cc(CN2[C@@H]3CC[C@H]2CC(O)(c2ccc(F)cc2)C3)cn1. The van der Waals surface area contributed by atoms with Gasteiger partial charge in [0, 0.05) is 36.9 Å². The third-order valence-corrected chi connectivity index (χ3v) is 5.80. The first-order valence-electron chi connectivity index (χ1n) is 9.33. The largest absolute Gasteiger partial charge is 0.385 e. The second kappa shape index (κ2) is 6.54. The molecule has 0 saturated carbocycles. The van der Waals surface area contributed by atoms with Crippen molar-refractivity contribution in [2.75, 3.05) is 0 Å². The van der Waals surface area contributed by atoms with Crippen molar-refractivity contribution in [3.63, 3.8) is 0 Å². The number of nitrogens with zero attached hydrogens (tertiary/aromatic N) is 3. The summed E-state index contributed by atoms with van der Waals surface area (Å²) in [5, 5.41) is 15.6. The zero-order chi connectivity index (χ0) is 17.4. The predicted octanol–water partition coefficient (Wildman–Crippen LogP) is 3.45. The lowest BCUT2D eigenvalue weighted by molar-refractivity contribution is -0.0595. The number of hydrogen-bond acceptors (Lipinski definition) is 3. The monoisotopic (exact) mass is 343 g/mol. The number of halogens is 1. The van der Waals surface area contributed by atoms with Gasteiger partial charge in [-0.2, -0.15) is 5.10 Å². The van der Waals surface area contributed by atoms with Crippen molar-refractivity contribution in [1.29, 1.82) is 0 Å². The molecule has 134 valence electrons. The molecule has 2 fully saturated rings. The summed E-state index contributed by atoms with van der Waals surface area (Å²) in [6.07, 6.45) is 8.88. The Morgan fingerprint density at radius 3 is 2.52 bits per heavy atom. The smallest absolute Gasteiger partial charge is 0.123 e. The standard InChI is InChI=1S/C20H26FN3O/c1-2-9-23-13-15(12-22-23)14-24-18-7-8-19(24)11-20(25,10-18)16-3-5-17(21)6-4-16/h3-6,12-13,18-19,25H,2,7-11,14H2,1H3/t18-,19+,20?. The van der Waals surface area contributed by atoms with Gasteiger partial charge in [0.15, 0.2) is 0 Å². The van der Waals surface area contributed by atoms with Gasteiger partial charge in [0.05, 0.1) is 11.8 Å². The molecule has 2 saturated heterocycles. The summed E-state index contributed by atoms with van der Waals surface area (Å²) < 4.78 is 15.2. The van der Waals surface area contributed by atoms with Crippen LogP contribution in [-0.4, -0.2) is 31.9 Å². The van der Waals surface area contributed by atoms with Gasteiger partial charge in [-0.25, -0.2) is 4.39 Å². The lowest BCUT2D eigenvalue weighted by Crippen LogP contribution is -2.49. The lowest BCUT2D eigenvalue weighted by atomic mass is 9.80. The summed E-state index contributed by atoms with van der Waals surface area (Å²) in [5.74, 6) is -0.253. The summed E-state index contributed by atoms with van der Waals surface area (Å²) in [7, 11) is 0. The van der Waals surface area contributed by atoms with E-state index in [1.165, 1.54) is 17.7 Å². The summed E-state index contributed by atoms with van der Waals surface area (Å²) in [6.45, 7) is 4.01. The Hall–Kier alpha value is -1.72. The number of fused-ring (bicyclic) bond motifs is 2. The summed E-state index contributed by atoms with van der Waals surface area (Å²) >= 11 is 0. The number of aromatic nitrogens is 2. The minimum absolute atomic E-state index is 0.253. The fourth-order valence-corrected chi connectivity index (χ4v) is 4.62. The number of benzene rings is 1. The number of piperidine rings is 1. The fraction of sp³-hybridized carbons (Fsp3) is 0.550. The molecule has 3 heterocycles. The summed E-state index contributed by atoms with van der Waals surface area (Å²) in [5.41, 5.74) is 1.27. The van der Waals surface area contributed by atoms with Crippen molar-refractivity contribution >= 4 is 0 Å². The van der Waals surface area contributed by atoms with E-state index in [4.69, 9.17) is 0 Å². The Labute approximate surface area is 148 Å². The maximum atomic E-state index is 13.2. The highest BCUT2D eigenvalue weighted by Crippen LogP contribution is 2.46. The highest BCUT2D eigenvalue weighted by Gasteiger charge is 2.48. The highest BCUT2D eigenvalue weighted by atomic mass is 19.1. The van der Waals surface area contributed by atoms with Gasteiger partial charge in [-0.1, -0.05) is 19.1 Å². The van der Waals surface area contributed by atoms with Crippen LogP contribution in [-0.2, 0) is 18.7 Å². The van der Waals surface area contributed by atoms with Gasteiger partial charge in [0.2, 0.25) is 0 Å². The Morgan fingerprint density at radius 2 is 1.88 bits per heavy atom. The van der Waals surface area contributed by atoms with E-state index >= 15 is 0 Å². The van der Waals surface area contributed by atoms with Crippen LogP contribution >= 0.6 is 0 Å². The number of rotatable bonds is 5. The minimum atomic E-state index is -0.831. The van der Waals surface area contributed by atoms with Gasteiger partial charge in [-0.15, -0.1) is 0 Å². The maximum Gasteiger partial charge on any atom is 0.123 e. The summed E-state index contributed by atoms with van der Waals surface area (Å²) in [6, 6.07) is 7.12. The molecule has 1 aromatic carbocycles. The molecule has 1 aromatic heterocycles.